The average molecular weight is 296 g/mol. The van der Waals surface area contributed by atoms with Crippen LogP contribution >= 0.6 is 11.8 Å². The fraction of sp³-hybridized carbons (Fsp3) is 0.533. The van der Waals surface area contributed by atoms with Crippen molar-refractivity contribution in [3.63, 3.8) is 0 Å². The van der Waals surface area contributed by atoms with Crippen LogP contribution in [0.2, 0.25) is 0 Å². The van der Waals surface area contributed by atoms with Crippen LogP contribution in [0.5, 0.6) is 0 Å². The molecular weight excluding hydrogens is 275 g/mol. The average Bonchev–Trinajstić information content (AvgIpc) is 2.41. The Bertz CT molecular complexity index is 481. The molecular formula is C15H21FN2OS. The number of carbonyl (C=O) groups excluding carboxylic acids is 1. The minimum atomic E-state index is -0.400. The molecule has 1 saturated carbocycles. The van der Waals surface area contributed by atoms with Gasteiger partial charge in [0.15, 0.2) is 0 Å². The molecule has 2 atom stereocenters. The highest BCUT2D eigenvalue weighted by Gasteiger charge is 2.20. The minimum Gasteiger partial charge on any atom is -0.397 e. The molecule has 2 unspecified atom stereocenters. The van der Waals surface area contributed by atoms with Crippen LogP contribution in [0, 0.1) is 11.7 Å². The fourth-order valence-electron chi connectivity index (χ4n) is 2.55. The van der Waals surface area contributed by atoms with Gasteiger partial charge in [-0.25, -0.2) is 4.39 Å². The Morgan fingerprint density at radius 2 is 2.30 bits per heavy atom. The van der Waals surface area contributed by atoms with Crippen molar-refractivity contribution in [1.29, 1.82) is 0 Å². The van der Waals surface area contributed by atoms with Crippen molar-refractivity contribution in [2.75, 3.05) is 16.8 Å². The van der Waals surface area contributed by atoms with E-state index in [9.17, 15) is 9.18 Å². The van der Waals surface area contributed by atoms with Gasteiger partial charge in [-0.2, -0.15) is 0 Å². The molecule has 0 aromatic heterocycles. The molecule has 1 fully saturated rings. The van der Waals surface area contributed by atoms with E-state index < -0.39 is 5.82 Å². The zero-order valence-corrected chi connectivity index (χ0v) is 12.5. The number of hydrogen-bond acceptors (Lipinski definition) is 3. The van der Waals surface area contributed by atoms with Crippen molar-refractivity contribution >= 4 is 29.0 Å². The Morgan fingerprint density at radius 1 is 1.50 bits per heavy atom. The summed E-state index contributed by atoms with van der Waals surface area (Å²) in [7, 11) is 0. The van der Waals surface area contributed by atoms with Gasteiger partial charge in [-0.05, 0) is 37.0 Å². The summed E-state index contributed by atoms with van der Waals surface area (Å²) in [5.41, 5.74) is 6.45. The number of anilines is 2. The van der Waals surface area contributed by atoms with E-state index in [-0.39, 0.29) is 5.91 Å². The van der Waals surface area contributed by atoms with Gasteiger partial charge in [-0.15, -0.1) is 11.8 Å². The number of thioether (sulfide) groups is 1. The molecule has 0 heterocycles. The standard InChI is InChI=1S/C15H21FN2OS/c1-10-3-2-4-12(7-10)20-9-15(19)18-14-8-11(16)5-6-13(14)17/h5-6,8,10,12H,2-4,7,9,17H2,1H3,(H,18,19). The van der Waals surface area contributed by atoms with Gasteiger partial charge >= 0.3 is 0 Å². The first-order chi connectivity index (χ1) is 9.54. The second-order valence-corrected chi connectivity index (χ2v) is 6.77. The Kier molecular flexibility index (Phi) is 5.29. The molecule has 1 aliphatic carbocycles. The second kappa shape index (κ2) is 6.97. The number of carbonyl (C=O) groups is 1. The highest BCUT2D eigenvalue weighted by molar-refractivity contribution is 8.00. The van der Waals surface area contributed by atoms with E-state index >= 15 is 0 Å². The number of nitrogen functional groups attached to an aromatic ring is 1. The lowest BCUT2D eigenvalue weighted by atomic mass is 9.91. The molecule has 1 aromatic carbocycles. The quantitative estimate of drug-likeness (QED) is 0.834. The van der Waals surface area contributed by atoms with Crippen molar-refractivity contribution in [3.05, 3.63) is 24.0 Å². The SMILES string of the molecule is CC1CCCC(SCC(=O)Nc2cc(F)ccc2N)C1. The number of nitrogens with one attached hydrogen (secondary N) is 1. The van der Waals surface area contributed by atoms with Crippen molar-refractivity contribution in [3.8, 4) is 0 Å². The predicted octanol–water partition coefficient (Wildman–Crippen LogP) is 3.66. The van der Waals surface area contributed by atoms with Crippen LogP contribution in [0.4, 0.5) is 15.8 Å². The van der Waals surface area contributed by atoms with Gasteiger partial charge in [-0.1, -0.05) is 19.8 Å². The predicted molar refractivity (Wildman–Crippen MR) is 83.3 cm³/mol. The lowest BCUT2D eigenvalue weighted by Crippen LogP contribution is -2.20. The van der Waals surface area contributed by atoms with E-state index in [0.717, 1.165) is 5.92 Å². The molecule has 1 amide bonds. The van der Waals surface area contributed by atoms with Gasteiger partial charge in [0.25, 0.3) is 0 Å². The third-order valence-electron chi connectivity index (χ3n) is 3.63. The lowest BCUT2D eigenvalue weighted by Gasteiger charge is -2.25. The van der Waals surface area contributed by atoms with Crippen molar-refractivity contribution in [1.82, 2.24) is 0 Å². The molecule has 3 nitrogen and oxygen atoms in total. The maximum atomic E-state index is 13.1. The van der Waals surface area contributed by atoms with Crippen LogP contribution in [0.3, 0.4) is 0 Å². The van der Waals surface area contributed by atoms with Crippen molar-refractivity contribution in [2.45, 2.75) is 37.9 Å². The molecule has 0 spiro atoms. The smallest absolute Gasteiger partial charge is 0.234 e. The van der Waals surface area contributed by atoms with Gasteiger partial charge in [-0.3, -0.25) is 4.79 Å². The van der Waals surface area contributed by atoms with Crippen LogP contribution < -0.4 is 11.1 Å². The normalized spacial score (nSPS) is 22.5. The van der Waals surface area contributed by atoms with Gasteiger partial charge in [0.1, 0.15) is 5.82 Å². The summed E-state index contributed by atoms with van der Waals surface area (Å²) in [5.74, 6) is 0.629. The van der Waals surface area contributed by atoms with E-state index in [1.54, 1.807) is 11.8 Å². The van der Waals surface area contributed by atoms with E-state index in [2.05, 4.69) is 12.2 Å². The third-order valence-corrected chi connectivity index (χ3v) is 4.96. The lowest BCUT2D eigenvalue weighted by molar-refractivity contribution is -0.113. The number of nitrogens with two attached hydrogens (primary N) is 1. The van der Waals surface area contributed by atoms with E-state index in [4.69, 9.17) is 5.73 Å². The Morgan fingerprint density at radius 3 is 3.05 bits per heavy atom. The summed E-state index contributed by atoms with van der Waals surface area (Å²) in [6.07, 6.45) is 4.91. The minimum absolute atomic E-state index is 0.120. The summed E-state index contributed by atoms with van der Waals surface area (Å²) < 4.78 is 13.1. The van der Waals surface area contributed by atoms with Crippen LogP contribution in [-0.2, 0) is 4.79 Å². The molecule has 1 aliphatic rings. The number of benzene rings is 1. The summed E-state index contributed by atoms with van der Waals surface area (Å²) in [6, 6.07) is 3.99. The number of amides is 1. The highest BCUT2D eigenvalue weighted by Crippen LogP contribution is 2.32. The largest absolute Gasteiger partial charge is 0.397 e. The fourth-order valence-corrected chi connectivity index (χ4v) is 3.80. The summed E-state index contributed by atoms with van der Waals surface area (Å²) in [6.45, 7) is 2.26. The van der Waals surface area contributed by atoms with Gasteiger partial charge in [0.2, 0.25) is 5.91 Å². The van der Waals surface area contributed by atoms with Crippen LogP contribution in [-0.4, -0.2) is 16.9 Å². The number of halogens is 1. The molecule has 0 radical (unpaired) electrons. The third kappa shape index (κ3) is 4.40. The van der Waals surface area contributed by atoms with Gasteiger partial charge in [0.05, 0.1) is 17.1 Å². The first kappa shape index (κ1) is 15.2. The maximum absolute atomic E-state index is 13.1. The van der Waals surface area contributed by atoms with E-state index in [1.807, 2.05) is 0 Å². The van der Waals surface area contributed by atoms with E-state index in [0.29, 0.717) is 22.4 Å². The molecule has 110 valence electrons. The van der Waals surface area contributed by atoms with E-state index in [1.165, 1.54) is 43.9 Å². The second-order valence-electron chi connectivity index (χ2n) is 5.48. The van der Waals surface area contributed by atoms with Crippen LogP contribution in [0.1, 0.15) is 32.6 Å². The topological polar surface area (TPSA) is 55.1 Å². The summed E-state index contributed by atoms with van der Waals surface area (Å²) >= 11 is 1.69. The Hall–Kier alpha value is -1.23. The molecule has 0 saturated heterocycles. The highest BCUT2D eigenvalue weighted by atomic mass is 32.2. The molecule has 5 heteroatoms. The zero-order valence-electron chi connectivity index (χ0n) is 11.7. The summed E-state index contributed by atoms with van der Waals surface area (Å²) in [5, 5.41) is 3.24. The number of hydrogen-bond donors (Lipinski definition) is 2. The molecule has 2 rings (SSSR count). The maximum Gasteiger partial charge on any atom is 0.234 e. The van der Waals surface area contributed by atoms with Crippen LogP contribution in [0.25, 0.3) is 0 Å². The van der Waals surface area contributed by atoms with Gasteiger partial charge in [0, 0.05) is 5.25 Å². The van der Waals surface area contributed by atoms with Crippen LogP contribution in [0.15, 0.2) is 18.2 Å². The zero-order chi connectivity index (χ0) is 14.5. The summed E-state index contributed by atoms with van der Waals surface area (Å²) in [4.78, 5) is 11.9. The van der Waals surface area contributed by atoms with Crippen molar-refractivity contribution in [2.24, 2.45) is 5.92 Å². The molecule has 1 aromatic rings. The monoisotopic (exact) mass is 296 g/mol. The first-order valence-electron chi connectivity index (χ1n) is 7.01. The Labute approximate surface area is 123 Å². The molecule has 3 N–H and O–H groups in total. The molecule has 0 bridgehead atoms. The Balaban J connectivity index is 1.82. The van der Waals surface area contributed by atoms with Crippen molar-refractivity contribution < 1.29 is 9.18 Å². The number of rotatable bonds is 4. The first-order valence-corrected chi connectivity index (χ1v) is 8.06. The molecule has 0 aliphatic heterocycles. The van der Waals surface area contributed by atoms with Gasteiger partial charge < -0.3 is 11.1 Å². The molecule has 20 heavy (non-hydrogen) atoms.